The fourth-order valence-corrected chi connectivity index (χ4v) is 3.81. The summed E-state index contributed by atoms with van der Waals surface area (Å²) in [6.07, 6.45) is 7.37. The number of likely N-dealkylation sites (tertiary alicyclic amines) is 1. The van der Waals surface area contributed by atoms with Crippen molar-refractivity contribution in [3.63, 3.8) is 0 Å². The minimum atomic E-state index is 0.139. The average molecular weight is 276 g/mol. The summed E-state index contributed by atoms with van der Waals surface area (Å²) in [4.78, 5) is 14.6. The second-order valence-electron chi connectivity index (χ2n) is 6.14. The Morgan fingerprint density at radius 2 is 2.15 bits per heavy atom. The maximum absolute atomic E-state index is 12.6. The predicted molar refractivity (Wildman–Crippen MR) is 70.8 cm³/mol. The van der Waals surface area contributed by atoms with E-state index in [2.05, 4.69) is 10.3 Å². The zero-order chi connectivity index (χ0) is 13.5. The SMILES string of the molecule is O=C(C1CCCC1)N1CC[C@@H]2OCc3cnnn3[C@H]2C1. The number of hydrogen-bond acceptors (Lipinski definition) is 4. The number of hydrogen-bond donors (Lipinski definition) is 0. The van der Waals surface area contributed by atoms with E-state index in [1.165, 1.54) is 12.8 Å². The van der Waals surface area contributed by atoms with Crippen LogP contribution in [0, 0.1) is 5.92 Å². The number of nitrogens with zero attached hydrogens (tertiary/aromatic N) is 4. The first-order valence-corrected chi connectivity index (χ1v) is 7.62. The van der Waals surface area contributed by atoms with Gasteiger partial charge in [0.2, 0.25) is 5.91 Å². The Morgan fingerprint density at radius 3 is 3.00 bits per heavy atom. The van der Waals surface area contributed by atoms with Crippen LogP contribution >= 0.6 is 0 Å². The van der Waals surface area contributed by atoms with E-state index in [-0.39, 0.29) is 18.1 Å². The number of carbonyl (C=O) groups excluding carboxylic acids is 1. The van der Waals surface area contributed by atoms with Gasteiger partial charge in [-0.3, -0.25) is 4.79 Å². The largest absolute Gasteiger partial charge is 0.370 e. The molecule has 0 aromatic carbocycles. The summed E-state index contributed by atoms with van der Waals surface area (Å²) in [7, 11) is 0. The van der Waals surface area contributed by atoms with Gasteiger partial charge in [0, 0.05) is 19.0 Å². The molecule has 6 heteroatoms. The zero-order valence-corrected chi connectivity index (χ0v) is 11.6. The van der Waals surface area contributed by atoms with E-state index >= 15 is 0 Å². The van der Waals surface area contributed by atoms with Crippen LogP contribution in [-0.2, 0) is 16.1 Å². The van der Waals surface area contributed by atoms with Gasteiger partial charge in [0.15, 0.2) is 0 Å². The lowest BCUT2D eigenvalue weighted by Gasteiger charge is -2.41. The van der Waals surface area contributed by atoms with Gasteiger partial charge in [-0.2, -0.15) is 0 Å². The highest BCUT2D eigenvalue weighted by atomic mass is 16.5. The van der Waals surface area contributed by atoms with Crippen LogP contribution in [0.25, 0.3) is 0 Å². The minimum absolute atomic E-state index is 0.139. The van der Waals surface area contributed by atoms with E-state index in [0.29, 0.717) is 12.5 Å². The Bertz CT molecular complexity index is 509. The predicted octanol–water partition coefficient (Wildman–Crippen LogP) is 1.14. The summed E-state index contributed by atoms with van der Waals surface area (Å²) in [6, 6.07) is 0.139. The molecule has 6 nitrogen and oxygen atoms in total. The molecular weight excluding hydrogens is 256 g/mol. The molecule has 0 bridgehead atoms. The van der Waals surface area contributed by atoms with Crippen LogP contribution < -0.4 is 0 Å². The molecule has 1 aromatic heterocycles. The minimum Gasteiger partial charge on any atom is -0.370 e. The van der Waals surface area contributed by atoms with Gasteiger partial charge in [-0.15, -0.1) is 5.10 Å². The summed E-state index contributed by atoms with van der Waals surface area (Å²) < 4.78 is 7.84. The molecule has 1 saturated heterocycles. The molecule has 3 aliphatic rings. The summed E-state index contributed by atoms with van der Waals surface area (Å²) in [5.41, 5.74) is 1.02. The van der Waals surface area contributed by atoms with Crippen LogP contribution in [0.15, 0.2) is 6.20 Å². The molecule has 0 N–H and O–H groups in total. The molecule has 0 spiro atoms. The summed E-state index contributed by atoms with van der Waals surface area (Å²) >= 11 is 0. The monoisotopic (exact) mass is 276 g/mol. The number of aromatic nitrogens is 3. The smallest absolute Gasteiger partial charge is 0.225 e. The lowest BCUT2D eigenvalue weighted by atomic mass is 9.98. The Balaban J connectivity index is 1.52. The van der Waals surface area contributed by atoms with Gasteiger partial charge in [-0.05, 0) is 19.3 Å². The van der Waals surface area contributed by atoms with E-state index in [1.54, 1.807) is 6.20 Å². The van der Waals surface area contributed by atoms with Crippen LogP contribution in [0.3, 0.4) is 0 Å². The van der Waals surface area contributed by atoms with Crippen molar-refractivity contribution in [2.75, 3.05) is 13.1 Å². The third-order valence-corrected chi connectivity index (χ3v) is 4.94. The molecule has 3 heterocycles. The quantitative estimate of drug-likeness (QED) is 0.772. The van der Waals surface area contributed by atoms with Gasteiger partial charge in [-0.1, -0.05) is 18.1 Å². The van der Waals surface area contributed by atoms with Gasteiger partial charge in [0.1, 0.15) is 0 Å². The number of fused-ring (bicyclic) bond motifs is 3. The maximum Gasteiger partial charge on any atom is 0.225 e. The zero-order valence-electron chi connectivity index (χ0n) is 11.6. The molecule has 1 saturated carbocycles. The fraction of sp³-hybridized carbons (Fsp3) is 0.786. The second-order valence-corrected chi connectivity index (χ2v) is 6.14. The molecule has 0 radical (unpaired) electrons. The average Bonchev–Trinajstić information content (AvgIpc) is 3.16. The first kappa shape index (κ1) is 12.3. The Labute approximate surface area is 118 Å². The normalized spacial score (nSPS) is 30.1. The van der Waals surface area contributed by atoms with E-state index in [4.69, 9.17) is 4.74 Å². The molecule has 2 atom stereocenters. The van der Waals surface area contributed by atoms with Crippen molar-refractivity contribution >= 4 is 5.91 Å². The van der Waals surface area contributed by atoms with Gasteiger partial charge in [0.25, 0.3) is 0 Å². The number of amides is 1. The van der Waals surface area contributed by atoms with Crippen LogP contribution in [0.2, 0.25) is 0 Å². The lowest BCUT2D eigenvalue weighted by molar-refractivity contribution is -0.142. The maximum atomic E-state index is 12.6. The van der Waals surface area contributed by atoms with Crippen molar-refractivity contribution in [2.24, 2.45) is 5.92 Å². The molecule has 1 amide bonds. The standard InChI is InChI=1S/C14H20N4O2/c19-14(10-3-1-2-4-10)17-6-5-13-12(8-17)18-11(9-20-13)7-15-16-18/h7,10,12-13H,1-6,8-9H2/t12-,13-/m0/s1. The van der Waals surface area contributed by atoms with E-state index in [0.717, 1.165) is 38.0 Å². The third kappa shape index (κ3) is 1.93. The van der Waals surface area contributed by atoms with Crippen molar-refractivity contribution in [3.05, 3.63) is 11.9 Å². The topological polar surface area (TPSA) is 60.3 Å². The van der Waals surface area contributed by atoms with Crippen molar-refractivity contribution in [1.82, 2.24) is 19.9 Å². The summed E-state index contributed by atoms with van der Waals surface area (Å²) in [5.74, 6) is 0.597. The summed E-state index contributed by atoms with van der Waals surface area (Å²) in [6.45, 7) is 2.13. The molecule has 108 valence electrons. The third-order valence-electron chi connectivity index (χ3n) is 4.94. The second kappa shape index (κ2) is 4.84. The van der Waals surface area contributed by atoms with Gasteiger partial charge < -0.3 is 9.64 Å². The first-order chi connectivity index (χ1) is 9.83. The molecule has 1 aromatic rings. The lowest BCUT2D eigenvalue weighted by Crippen LogP contribution is -2.51. The molecule has 20 heavy (non-hydrogen) atoms. The summed E-state index contributed by atoms with van der Waals surface area (Å²) in [5, 5.41) is 8.15. The van der Waals surface area contributed by atoms with Crippen molar-refractivity contribution in [1.29, 1.82) is 0 Å². The number of rotatable bonds is 1. The molecule has 0 unspecified atom stereocenters. The first-order valence-electron chi connectivity index (χ1n) is 7.62. The Kier molecular flexibility index (Phi) is 2.98. The van der Waals surface area contributed by atoms with E-state index in [1.807, 2.05) is 9.58 Å². The molecule has 2 aliphatic heterocycles. The van der Waals surface area contributed by atoms with Crippen molar-refractivity contribution in [3.8, 4) is 0 Å². The van der Waals surface area contributed by atoms with Crippen molar-refractivity contribution < 1.29 is 9.53 Å². The number of carbonyl (C=O) groups is 1. The molecular formula is C14H20N4O2. The highest BCUT2D eigenvalue weighted by Gasteiger charge is 2.39. The number of ether oxygens (including phenoxy) is 1. The van der Waals surface area contributed by atoms with Crippen LogP contribution in [0.1, 0.15) is 43.8 Å². The van der Waals surface area contributed by atoms with Gasteiger partial charge in [0.05, 0.1) is 30.6 Å². The van der Waals surface area contributed by atoms with Crippen LogP contribution in [0.5, 0.6) is 0 Å². The molecule has 1 aliphatic carbocycles. The number of piperidine rings is 1. The molecule has 4 rings (SSSR count). The van der Waals surface area contributed by atoms with Gasteiger partial charge >= 0.3 is 0 Å². The van der Waals surface area contributed by atoms with E-state index in [9.17, 15) is 4.79 Å². The molecule has 2 fully saturated rings. The van der Waals surface area contributed by atoms with Crippen molar-refractivity contribution in [2.45, 2.75) is 50.9 Å². The fourth-order valence-electron chi connectivity index (χ4n) is 3.81. The Hall–Kier alpha value is -1.43. The Morgan fingerprint density at radius 1 is 1.30 bits per heavy atom. The van der Waals surface area contributed by atoms with Crippen LogP contribution in [-0.4, -0.2) is 45.0 Å². The highest BCUT2D eigenvalue weighted by Crippen LogP contribution is 2.33. The highest BCUT2D eigenvalue weighted by molar-refractivity contribution is 5.79. The van der Waals surface area contributed by atoms with Gasteiger partial charge in [-0.25, -0.2) is 4.68 Å². The van der Waals surface area contributed by atoms with Crippen LogP contribution in [0.4, 0.5) is 0 Å². The van der Waals surface area contributed by atoms with E-state index < -0.39 is 0 Å².